The Morgan fingerprint density at radius 2 is 2.39 bits per heavy atom. The van der Waals surface area contributed by atoms with E-state index in [1.54, 1.807) is 6.20 Å². The molecular weight excluding hydrogens is 234 g/mol. The zero-order valence-electron chi connectivity index (χ0n) is 9.86. The summed E-state index contributed by atoms with van der Waals surface area (Å²) in [6, 6.07) is 0.543. The Balaban J connectivity index is 1.73. The first-order valence-electron chi connectivity index (χ1n) is 6.04. The molecule has 2 N–H and O–H groups in total. The summed E-state index contributed by atoms with van der Waals surface area (Å²) in [7, 11) is 0. The standard InChI is InChI=1S/C11H15N5O2/c17-9(5-13-8-1-2-8)7-16-11(18)15-4-3-12-6-10(15)14-16/h3-4,6,8-9,13,17H,1-2,5,7H2. The fraction of sp³-hybridized carbons (Fsp3) is 0.545. The topological polar surface area (TPSA) is 84.5 Å². The van der Waals surface area contributed by atoms with E-state index in [2.05, 4.69) is 15.4 Å². The molecule has 0 radical (unpaired) electrons. The Morgan fingerprint density at radius 3 is 3.11 bits per heavy atom. The van der Waals surface area contributed by atoms with Crippen LogP contribution in [-0.2, 0) is 6.54 Å². The molecule has 1 aliphatic rings. The van der Waals surface area contributed by atoms with Crippen molar-refractivity contribution < 1.29 is 5.11 Å². The normalized spacial score (nSPS) is 17.2. The molecule has 1 aliphatic carbocycles. The first kappa shape index (κ1) is 11.4. The van der Waals surface area contributed by atoms with Crippen LogP contribution in [0.1, 0.15) is 12.8 Å². The molecule has 2 aromatic heterocycles. The fourth-order valence-electron chi connectivity index (χ4n) is 1.85. The van der Waals surface area contributed by atoms with Crippen LogP contribution in [0.15, 0.2) is 23.4 Å². The van der Waals surface area contributed by atoms with Gasteiger partial charge in [0.2, 0.25) is 0 Å². The zero-order valence-corrected chi connectivity index (χ0v) is 9.86. The molecule has 1 atom stereocenters. The van der Waals surface area contributed by atoms with E-state index in [0.29, 0.717) is 18.2 Å². The monoisotopic (exact) mass is 249 g/mol. The molecule has 1 fully saturated rings. The molecule has 0 aliphatic heterocycles. The van der Waals surface area contributed by atoms with Crippen LogP contribution in [0, 0.1) is 0 Å². The van der Waals surface area contributed by atoms with Crippen molar-refractivity contribution in [2.45, 2.75) is 31.5 Å². The molecule has 0 saturated heterocycles. The van der Waals surface area contributed by atoms with E-state index in [0.717, 1.165) is 0 Å². The van der Waals surface area contributed by atoms with Crippen molar-refractivity contribution in [3.8, 4) is 0 Å². The van der Waals surface area contributed by atoms with Crippen molar-refractivity contribution in [3.05, 3.63) is 29.1 Å². The Kier molecular flexibility index (Phi) is 2.85. The third kappa shape index (κ3) is 2.27. The highest BCUT2D eigenvalue weighted by Crippen LogP contribution is 2.18. The SMILES string of the molecule is O=c1n(CC(O)CNC2CC2)nc2cnccn12. The maximum Gasteiger partial charge on any atom is 0.350 e. The minimum Gasteiger partial charge on any atom is -0.390 e. The number of fused-ring (bicyclic) bond motifs is 1. The average molecular weight is 249 g/mol. The van der Waals surface area contributed by atoms with Gasteiger partial charge in [-0.1, -0.05) is 0 Å². The van der Waals surface area contributed by atoms with Gasteiger partial charge in [-0.15, -0.1) is 5.10 Å². The van der Waals surface area contributed by atoms with Crippen molar-refractivity contribution in [1.82, 2.24) is 24.5 Å². The highest BCUT2D eigenvalue weighted by Gasteiger charge is 2.21. The van der Waals surface area contributed by atoms with E-state index < -0.39 is 6.10 Å². The van der Waals surface area contributed by atoms with Crippen molar-refractivity contribution in [1.29, 1.82) is 0 Å². The largest absolute Gasteiger partial charge is 0.390 e. The average Bonchev–Trinajstić information content (AvgIpc) is 3.15. The van der Waals surface area contributed by atoms with E-state index in [4.69, 9.17) is 0 Å². The van der Waals surface area contributed by atoms with Gasteiger partial charge in [-0.2, -0.15) is 0 Å². The molecule has 1 unspecified atom stereocenters. The van der Waals surface area contributed by atoms with E-state index in [-0.39, 0.29) is 12.2 Å². The molecule has 1 saturated carbocycles. The van der Waals surface area contributed by atoms with Crippen molar-refractivity contribution in [3.63, 3.8) is 0 Å². The molecule has 7 nitrogen and oxygen atoms in total. The summed E-state index contributed by atoms with van der Waals surface area (Å²) in [6.45, 7) is 0.684. The lowest BCUT2D eigenvalue weighted by Crippen LogP contribution is -2.35. The highest BCUT2D eigenvalue weighted by molar-refractivity contribution is 5.31. The molecule has 96 valence electrons. The van der Waals surface area contributed by atoms with Gasteiger partial charge in [0.05, 0.1) is 18.8 Å². The number of aromatic nitrogens is 4. The molecule has 2 heterocycles. The van der Waals surface area contributed by atoms with Crippen LogP contribution in [-0.4, -0.2) is 43.0 Å². The molecule has 0 spiro atoms. The van der Waals surface area contributed by atoms with Gasteiger partial charge in [-0.25, -0.2) is 13.9 Å². The van der Waals surface area contributed by atoms with Crippen molar-refractivity contribution in [2.24, 2.45) is 0 Å². The molecule has 3 rings (SSSR count). The van der Waals surface area contributed by atoms with Gasteiger partial charge in [0, 0.05) is 25.0 Å². The lowest BCUT2D eigenvalue weighted by Gasteiger charge is -2.10. The maximum absolute atomic E-state index is 11.9. The first-order chi connectivity index (χ1) is 8.74. The van der Waals surface area contributed by atoms with Crippen LogP contribution in [0.2, 0.25) is 0 Å². The van der Waals surface area contributed by atoms with Gasteiger partial charge < -0.3 is 10.4 Å². The van der Waals surface area contributed by atoms with Crippen molar-refractivity contribution >= 4 is 5.65 Å². The van der Waals surface area contributed by atoms with Crippen LogP contribution in [0.25, 0.3) is 5.65 Å². The van der Waals surface area contributed by atoms with Crippen LogP contribution in [0.5, 0.6) is 0 Å². The second kappa shape index (κ2) is 4.51. The van der Waals surface area contributed by atoms with E-state index in [1.807, 2.05) is 0 Å². The van der Waals surface area contributed by atoms with Gasteiger partial charge in [0.1, 0.15) is 0 Å². The molecule has 18 heavy (non-hydrogen) atoms. The Labute approximate surface area is 103 Å². The highest BCUT2D eigenvalue weighted by atomic mass is 16.3. The van der Waals surface area contributed by atoms with Crippen LogP contribution in [0.4, 0.5) is 0 Å². The minimum atomic E-state index is -0.610. The molecule has 2 aromatic rings. The lowest BCUT2D eigenvalue weighted by atomic mass is 10.3. The number of aliphatic hydroxyl groups is 1. The summed E-state index contributed by atoms with van der Waals surface area (Å²) in [5.41, 5.74) is 0.239. The zero-order chi connectivity index (χ0) is 12.5. The van der Waals surface area contributed by atoms with E-state index in [1.165, 1.54) is 34.3 Å². The summed E-state index contributed by atoms with van der Waals surface area (Å²) in [5.74, 6) is 0. The third-order valence-corrected chi connectivity index (χ3v) is 2.99. The summed E-state index contributed by atoms with van der Waals surface area (Å²) in [4.78, 5) is 15.8. The molecule has 0 aromatic carbocycles. The second-order valence-electron chi connectivity index (χ2n) is 4.61. The Bertz CT molecular complexity index is 601. The van der Waals surface area contributed by atoms with Crippen LogP contribution in [0.3, 0.4) is 0 Å². The number of hydrogen-bond donors (Lipinski definition) is 2. The predicted molar refractivity (Wildman–Crippen MR) is 64.3 cm³/mol. The van der Waals surface area contributed by atoms with Gasteiger partial charge in [0.15, 0.2) is 5.65 Å². The fourth-order valence-corrected chi connectivity index (χ4v) is 1.85. The maximum atomic E-state index is 11.9. The number of aliphatic hydroxyl groups excluding tert-OH is 1. The number of rotatable bonds is 5. The molecule has 0 amide bonds. The lowest BCUT2D eigenvalue weighted by molar-refractivity contribution is 0.145. The van der Waals surface area contributed by atoms with Crippen LogP contribution < -0.4 is 11.0 Å². The quantitative estimate of drug-likeness (QED) is 0.710. The van der Waals surface area contributed by atoms with Crippen molar-refractivity contribution in [2.75, 3.05) is 6.54 Å². The second-order valence-corrected chi connectivity index (χ2v) is 4.61. The summed E-state index contributed by atoms with van der Waals surface area (Å²) >= 11 is 0. The number of hydrogen-bond acceptors (Lipinski definition) is 5. The van der Waals surface area contributed by atoms with Gasteiger partial charge in [-0.05, 0) is 12.8 Å². The van der Waals surface area contributed by atoms with E-state index >= 15 is 0 Å². The Morgan fingerprint density at radius 1 is 1.56 bits per heavy atom. The minimum absolute atomic E-state index is 0.195. The van der Waals surface area contributed by atoms with Gasteiger partial charge in [0.25, 0.3) is 0 Å². The summed E-state index contributed by atoms with van der Waals surface area (Å²) in [6.07, 6.45) is 6.36. The van der Waals surface area contributed by atoms with Gasteiger partial charge >= 0.3 is 5.69 Å². The number of nitrogens with zero attached hydrogens (tertiary/aromatic N) is 4. The number of nitrogens with one attached hydrogen (secondary N) is 1. The summed E-state index contributed by atoms with van der Waals surface area (Å²) < 4.78 is 2.68. The predicted octanol–water partition coefficient (Wildman–Crippen LogP) is -0.996. The Hall–Kier alpha value is -1.73. The molecular formula is C11H15N5O2. The summed E-state index contributed by atoms with van der Waals surface area (Å²) in [5, 5.41) is 17.2. The molecule has 0 bridgehead atoms. The molecule has 7 heteroatoms. The van der Waals surface area contributed by atoms with E-state index in [9.17, 15) is 9.90 Å². The third-order valence-electron chi connectivity index (χ3n) is 2.99. The van der Waals surface area contributed by atoms with Gasteiger partial charge in [-0.3, -0.25) is 4.98 Å². The first-order valence-corrected chi connectivity index (χ1v) is 6.04. The smallest absolute Gasteiger partial charge is 0.350 e. The van der Waals surface area contributed by atoms with Crippen LogP contribution >= 0.6 is 0 Å².